The maximum Gasteiger partial charge on any atom is 0.135 e. The van der Waals surface area contributed by atoms with Crippen molar-refractivity contribution in [1.29, 1.82) is 0 Å². The largest absolute Gasteiger partial charge is 0.392 e. The number of hydrogen-bond acceptors (Lipinski definition) is 2. The van der Waals surface area contributed by atoms with Crippen molar-refractivity contribution in [3.63, 3.8) is 0 Å². The van der Waals surface area contributed by atoms with Gasteiger partial charge in [-0.15, -0.1) is 0 Å². The molecule has 0 saturated heterocycles. The van der Waals surface area contributed by atoms with Gasteiger partial charge in [0.05, 0.1) is 6.10 Å². The lowest BCUT2D eigenvalue weighted by molar-refractivity contribution is -0.124. The molecule has 0 amide bonds. The molecule has 66 valence electrons. The molecule has 0 aliphatic carbocycles. The second-order valence-corrected chi connectivity index (χ2v) is 2.98. The topological polar surface area (TPSA) is 37.3 Å². The van der Waals surface area contributed by atoms with E-state index in [0.717, 1.165) is 19.3 Å². The SMILES string of the molecule is CCC[C@H](O)[C@@H](CC)C(C)=O. The predicted molar refractivity (Wildman–Crippen MR) is 45.4 cm³/mol. The number of Topliss-reactive ketones (excluding diaryl/α,β-unsaturated/α-hetero) is 1. The van der Waals surface area contributed by atoms with Gasteiger partial charge >= 0.3 is 0 Å². The summed E-state index contributed by atoms with van der Waals surface area (Å²) >= 11 is 0. The summed E-state index contributed by atoms with van der Waals surface area (Å²) in [5.74, 6) is -0.0385. The van der Waals surface area contributed by atoms with Crippen LogP contribution < -0.4 is 0 Å². The van der Waals surface area contributed by atoms with Crippen LogP contribution in [0.15, 0.2) is 0 Å². The summed E-state index contributed by atoms with van der Waals surface area (Å²) in [6, 6.07) is 0. The summed E-state index contributed by atoms with van der Waals surface area (Å²) in [6.45, 7) is 5.49. The Morgan fingerprint density at radius 3 is 2.27 bits per heavy atom. The van der Waals surface area contributed by atoms with Crippen molar-refractivity contribution < 1.29 is 9.90 Å². The first-order valence-corrected chi connectivity index (χ1v) is 4.32. The highest BCUT2D eigenvalue weighted by Crippen LogP contribution is 2.14. The van der Waals surface area contributed by atoms with Crippen molar-refractivity contribution in [2.75, 3.05) is 0 Å². The Hall–Kier alpha value is -0.370. The van der Waals surface area contributed by atoms with Gasteiger partial charge in [-0.25, -0.2) is 0 Å². The van der Waals surface area contributed by atoms with Crippen LogP contribution in [0.3, 0.4) is 0 Å². The average Bonchev–Trinajstić information content (AvgIpc) is 1.88. The zero-order valence-electron chi connectivity index (χ0n) is 7.63. The van der Waals surface area contributed by atoms with Crippen molar-refractivity contribution in [3.05, 3.63) is 0 Å². The predicted octanol–water partition coefficient (Wildman–Crippen LogP) is 1.76. The van der Waals surface area contributed by atoms with E-state index in [1.165, 1.54) is 0 Å². The van der Waals surface area contributed by atoms with E-state index in [-0.39, 0.29) is 11.7 Å². The van der Waals surface area contributed by atoms with E-state index in [1.54, 1.807) is 6.92 Å². The zero-order valence-corrected chi connectivity index (χ0v) is 7.63. The number of ketones is 1. The Morgan fingerprint density at radius 1 is 1.45 bits per heavy atom. The van der Waals surface area contributed by atoms with E-state index in [4.69, 9.17) is 0 Å². The van der Waals surface area contributed by atoms with Crippen LogP contribution in [0.5, 0.6) is 0 Å². The van der Waals surface area contributed by atoms with Crippen molar-refractivity contribution in [1.82, 2.24) is 0 Å². The molecular formula is C9H18O2. The molecular weight excluding hydrogens is 140 g/mol. The van der Waals surface area contributed by atoms with Crippen molar-refractivity contribution in [2.24, 2.45) is 5.92 Å². The Labute approximate surface area is 68.6 Å². The summed E-state index contributed by atoms with van der Waals surface area (Å²) < 4.78 is 0. The van der Waals surface area contributed by atoms with Crippen LogP contribution in [0.25, 0.3) is 0 Å². The number of rotatable bonds is 5. The van der Waals surface area contributed by atoms with Crippen LogP contribution in [0.4, 0.5) is 0 Å². The van der Waals surface area contributed by atoms with Gasteiger partial charge in [0, 0.05) is 5.92 Å². The van der Waals surface area contributed by atoms with Crippen molar-refractivity contribution in [2.45, 2.75) is 46.1 Å². The lowest BCUT2D eigenvalue weighted by Crippen LogP contribution is -2.25. The third-order valence-corrected chi connectivity index (χ3v) is 2.01. The molecule has 0 heterocycles. The van der Waals surface area contributed by atoms with E-state index in [9.17, 15) is 9.90 Å². The zero-order chi connectivity index (χ0) is 8.85. The van der Waals surface area contributed by atoms with Crippen LogP contribution in [-0.4, -0.2) is 17.0 Å². The van der Waals surface area contributed by atoms with Gasteiger partial charge < -0.3 is 5.11 Å². The van der Waals surface area contributed by atoms with E-state index in [1.807, 2.05) is 13.8 Å². The second kappa shape index (κ2) is 5.30. The van der Waals surface area contributed by atoms with E-state index < -0.39 is 6.10 Å². The first kappa shape index (κ1) is 10.6. The molecule has 11 heavy (non-hydrogen) atoms. The van der Waals surface area contributed by atoms with Gasteiger partial charge in [-0.3, -0.25) is 4.79 Å². The fourth-order valence-electron chi connectivity index (χ4n) is 1.33. The molecule has 0 aromatic carbocycles. The Kier molecular flexibility index (Phi) is 5.12. The molecule has 1 N–H and O–H groups in total. The van der Waals surface area contributed by atoms with Gasteiger partial charge in [0.15, 0.2) is 0 Å². The first-order chi connectivity index (χ1) is 5.13. The van der Waals surface area contributed by atoms with Crippen LogP contribution in [0.2, 0.25) is 0 Å². The highest BCUT2D eigenvalue weighted by Gasteiger charge is 2.20. The van der Waals surface area contributed by atoms with E-state index >= 15 is 0 Å². The van der Waals surface area contributed by atoms with E-state index in [2.05, 4.69) is 0 Å². The minimum absolute atomic E-state index is 0.105. The molecule has 2 heteroatoms. The van der Waals surface area contributed by atoms with Gasteiger partial charge in [-0.2, -0.15) is 0 Å². The molecule has 0 radical (unpaired) electrons. The minimum atomic E-state index is -0.428. The lowest BCUT2D eigenvalue weighted by Gasteiger charge is -2.17. The molecule has 0 aromatic rings. The summed E-state index contributed by atoms with van der Waals surface area (Å²) in [5.41, 5.74) is 0. The molecule has 0 unspecified atom stereocenters. The van der Waals surface area contributed by atoms with Crippen molar-refractivity contribution in [3.8, 4) is 0 Å². The van der Waals surface area contributed by atoms with Crippen molar-refractivity contribution >= 4 is 5.78 Å². The van der Waals surface area contributed by atoms with Gasteiger partial charge in [0.1, 0.15) is 5.78 Å². The summed E-state index contributed by atoms with van der Waals surface area (Å²) in [6.07, 6.45) is 1.99. The number of aliphatic hydroxyl groups is 1. The fourth-order valence-corrected chi connectivity index (χ4v) is 1.33. The molecule has 2 nitrogen and oxygen atoms in total. The first-order valence-electron chi connectivity index (χ1n) is 4.32. The normalized spacial score (nSPS) is 16.0. The number of aliphatic hydroxyl groups excluding tert-OH is 1. The van der Waals surface area contributed by atoms with Crippen LogP contribution in [0.1, 0.15) is 40.0 Å². The summed E-state index contributed by atoms with van der Waals surface area (Å²) in [5, 5.41) is 9.46. The minimum Gasteiger partial charge on any atom is -0.392 e. The van der Waals surface area contributed by atoms with Gasteiger partial charge in [-0.1, -0.05) is 20.3 Å². The highest BCUT2D eigenvalue weighted by molar-refractivity contribution is 5.78. The number of carbonyl (C=O) groups is 1. The molecule has 0 aliphatic heterocycles. The molecule has 0 spiro atoms. The summed E-state index contributed by atoms with van der Waals surface area (Å²) in [7, 11) is 0. The number of hydrogen-bond donors (Lipinski definition) is 1. The Balaban J connectivity index is 3.91. The molecule has 2 atom stereocenters. The third-order valence-electron chi connectivity index (χ3n) is 2.01. The number of carbonyl (C=O) groups excluding carboxylic acids is 1. The van der Waals surface area contributed by atoms with Crippen LogP contribution in [0, 0.1) is 5.92 Å². The maximum atomic E-state index is 10.9. The molecule has 0 aliphatic rings. The molecule has 0 rings (SSSR count). The van der Waals surface area contributed by atoms with Gasteiger partial charge in [0.2, 0.25) is 0 Å². The molecule has 0 saturated carbocycles. The van der Waals surface area contributed by atoms with E-state index in [0.29, 0.717) is 0 Å². The maximum absolute atomic E-state index is 10.9. The van der Waals surface area contributed by atoms with Gasteiger partial charge in [0.25, 0.3) is 0 Å². The smallest absolute Gasteiger partial charge is 0.135 e. The lowest BCUT2D eigenvalue weighted by atomic mass is 9.93. The summed E-state index contributed by atoms with van der Waals surface area (Å²) in [4.78, 5) is 10.9. The standard InChI is InChI=1S/C9H18O2/c1-4-6-9(11)8(5-2)7(3)10/h8-9,11H,4-6H2,1-3H3/t8-,9-/m0/s1. The Bertz CT molecular complexity index is 121. The molecule has 0 fully saturated rings. The Morgan fingerprint density at radius 2 is 2.00 bits per heavy atom. The van der Waals surface area contributed by atoms with Crippen LogP contribution >= 0.6 is 0 Å². The molecule has 0 aromatic heterocycles. The fraction of sp³-hybridized carbons (Fsp3) is 0.889. The second-order valence-electron chi connectivity index (χ2n) is 2.98. The van der Waals surface area contributed by atoms with Gasteiger partial charge in [-0.05, 0) is 19.8 Å². The van der Waals surface area contributed by atoms with Crippen LogP contribution in [-0.2, 0) is 4.79 Å². The highest BCUT2D eigenvalue weighted by atomic mass is 16.3. The monoisotopic (exact) mass is 158 g/mol. The third kappa shape index (κ3) is 3.51. The quantitative estimate of drug-likeness (QED) is 0.662. The average molecular weight is 158 g/mol. The molecule has 0 bridgehead atoms.